The molecule has 0 aromatic carbocycles. The van der Waals surface area contributed by atoms with E-state index in [1.807, 2.05) is 0 Å². The van der Waals surface area contributed by atoms with Crippen molar-refractivity contribution in [2.45, 2.75) is 51.5 Å². The van der Waals surface area contributed by atoms with Gasteiger partial charge < -0.3 is 5.73 Å². The third-order valence-electron chi connectivity index (χ3n) is 3.30. The monoisotopic (exact) mass is 207 g/mol. The Labute approximate surface area is 91.7 Å². The summed E-state index contributed by atoms with van der Waals surface area (Å²) in [6.07, 6.45) is 6.93. The molecule has 0 saturated heterocycles. The van der Waals surface area contributed by atoms with Gasteiger partial charge in [-0.25, -0.2) is 0 Å². The molecule has 0 bridgehead atoms. The van der Waals surface area contributed by atoms with Crippen LogP contribution in [-0.2, 0) is 6.42 Å². The Morgan fingerprint density at radius 1 is 1.60 bits per heavy atom. The number of rotatable bonds is 3. The molecule has 2 rings (SSSR count). The van der Waals surface area contributed by atoms with Crippen LogP contribution in [0.1, 0.15) is 56.3 Å². The van der Waals surface area contributed by atoms with Crippen molar-refractivity contribution in [2.75, 3.05) is 6.54 Å². The molecule has 3 heteroatoms. The minimum Gasteiger partial charge on any atom is -0.330 e. The van der Waals surface area contributed by atoms with Crippen LogP contribution >= 0.6 is 0 Å². The molecule has 0 fully saturated rings. The zero-order chi connectivity index (χ0) is 10.8. The van der Waals surface area contributed by atoms with E-state index in [0.717, 1.165) is 13.0 Å². The lowest BCUT2D eigenvalue weighted by Crippen LogP contribution is -2.18. The third-order valence-corrected chi connectivity index (χ3v) is 3.30. The third kappa shape index (κ3) is 1.93. The molecule has 0 saturated carbocycles. The SMILES string of the molecule is CC(C)n1ncc2c1C(CCN)CCC2. The van der Waals surface area contributed by atoms with Crippen LogP contribution in [0.25, 0.3) is 0 Å². The highest BCUT2D eigenvalue weighted by Gasteiger charge is 2.24. The number of fused-ring (bicyclic) bond motifs is 1. The van der Waals surface area contributed by atoms with E-state index in [2.05, 4.69) is 29.8 Å². The van der Waals surface area contributed by atoms with E-state index in [1.54, 1.807) is 0 Å². The van der Waals surface area contributed by atoms with Crippen molar-refractivity contribution in [1.82, 2.24) is 9.78 Å². The first-order valence-electron chi connectivity index (χ1n) is 6.00. The highest BCUT2D eigenvalue weighted by Crippen LogP contribution is 2.34. The minimum absolute atomic E-state index is 0.465. The van der Waals surface area contributed by atoms with Crippen molar-refractivity contribution in [3.05, 3.63) is 17.5 Å². The molecule has 1 aromatic rings. The van der Waals surface area contributed by atoms with Gasteiger partial charge in [-0.05, 0) is 51.6 Å². The van der Waals surface area contributed by atoms with E-state index < -0.39 is 0 Å². The number of hydrogen-bond acceptors (Lipinski definition) is 2. The fourth-order valence-corrected chi connectivity index (χ4v) is 2.62. The first-order chi connectivity index (χ1) is 7.24. The molecule has 1 unspecified atom stereocenters. The Kier molecular flexibility index (Phi) is 3.10. The van der Waals surface area contributed by atoms with E-state index in [4.69, 9.17) is 5.73 Å². The second kappa shape index (κ2) is 4.35. The molecule has 1 atom stereocenters. The number of hydrogen-bond donors (Lipinski definition) is 1. The van der Waals surface area contributed by atoms with Crippen LogP contribution in [-0.4, -0.2) is 16.3 Å². The fourth-order valence-electron chi connectivity index (χ4n) is 2.62. The van der Waals surface area contributed by atoms with Gasteiger partial charge in [-0.2, -0.15) is 5.10 Å². The zero-order valence-corrected chi connectivity index (χ0v) is 9.74. The Bertz CT molecular complexity index is 328. The highest BCUT2D eigenvalue weighted by molar-refractivity contribution is 5.25. The van der Waals surface area contributed by atoms with Gasteiger partial charge in [0.2, 0.25) is 0 Å². The number of nitrogens with two attached hydrogens (primary N) is 1. The van der Waals surface area contributed by atoms with Crippen molar-refractivity contribution < 1.29 is 0 Å². The van der Waals surface area contributed by atoms with E-state index in [1.165, 1.54) is 30.5 Å². The average Bonchev–Trinajstić information content (AvgIpc) is 2.62. The molecule has 1 heterocycles. The average molecular weight is 207 g/mol. The van der Waals surface area contributed by atoms with E-state index in [0.29, 0.717) is 12.0 Å². The minimum atomic E-state index is 0.465. The summed E-state index contributed by atoms with van der Waals surface area (Å²) >= 11 is 0. The summed E-state index contributed by atoms with van der Waals surface area (Å²) in [5.74, 6) is 0.642. The molecule has 15 heavy (non-hydrogen) atoms. The van der Waals surface area contributed by atoms with E-state index in [9.17, 15) is 0 Å². The lowest BCUT2D eigenvalue weighted by Gasteiger charge is -2.25. The molecule has 0 radical (unpaired) electrons. The Balaban J connectivity index is 2.34. The smallest absolute Gasteiger partial charge is 0.0524 e. The number of aromatic nitrogens is 2. The first kappa shape index (κ1) is 10.7. The second-order valence-electron chi connectivity index (χ2n) is 4.76. The summed E-state index contributed by atoms with van der Waals surface area (Å²) in [4.78, 5) is 0. The van der Waals surface area contributed by atoms with Gasteiger partial charge in [0.25, 0.3) is 0 Å². The van der Waals surface area contributed by atoms with Gasteiger partial charge in [0.05, 0.1) is 6.20 Å². The Morgan fingerprint density at radius 3 is 3.07 bits per heavy atom. The predicted octanol–water partition coefficient (Wildman–Crippen LogP) is 2.23. The van der Waals surface area contributed by atoms with Gasteiger partial charge in [-0.1, -0.05) is 0 Å². The van der Waals surface area contributed by atoms with Gasteiger partial charge in [0.1, 0.15) is 0 Å². The quantitative estimate of drug-likeness (QED) is 0.826. The molecule has 2 N–H and O–H groups in total. The van der Waals surface area contributed by atoms with E-state index in [-0.39, 0.29) is 0 Å². The van der Waals surface area contributed by atoms with Crippen LogP contribution in [0.2, 0.25) is 0 Å². The first-order valence-corrected chi connectivity index (χ1v) is 6.00. The van der Waals surface area contributed by atoms with Crippen LogP contribution in [0.5, 0.6) is 0 Å². The van der Waals surface area contributed by atoms with Crippen molar-refractivity contribution in [3.8, 4) is 0 Å². The van der Waals surface area contributed by atoms with Crippen LogP contribution in [0.4, 0.5) is 0 Å². The maximum atomic E-state index is 5.68. The normalized spacial score (nSPS) is 20.7. The topological polar surface area (TPSA) is 43.8 Å². The lowest BCUT2D eigenvalue weighted by molar-refractivity contribution is 0.439. The second-order valence-corrected chi connectivity index (χ2v) is 4.76. The Hall–Kier alpha value is -0.830. The summed E-state index contributed by atoms with van der Waals surface area (Å²) in [5.41, 5.74) is 8.59. The molecule has 1 aromatic heterocycles. The molecule has 0 spiro atoms. The summed E-state index contributed by atoms with van der Waals surface area (Å²) < 4.78 is 2.19. The molecule has 1 aliphatic carbocycles. The largest absolute Gasteiger partial charge is 0.330 e. The van der Waals surface area contributed by atoms with Crippen LogP contribution in [0.15, 0.2) is 6.20 Å². The molecule has 0 amide bonds. The summed E-state index contributed by atoms with van der Waals surface area (Å²) in [7, 11) is 0. The van der Waals surface area contributed by atoms with Gasteiger partial charge in [0, 0.05) is 17.7 Å². The van der Waals surface area contributed by atoms with Crippen molar-refractivity contribution in [1.29, 1.82) is 0 Å². The van der Waals surface area contributed by atoms with Gasteiger partial charge in [-0.3, -0.25) is 4.68 Å². The van der Waals surface area contributed by atoms with Crippen LogP contribution in [0.3, 0.4) is 0 Å². The molecule has 1 aliphatic rings. The molecular weight excluding hydrogens is 186 g/mol. The predicted molar refractivity (Wildman–Crippen MR) is 62.0 cm³/mol. The number of aryl methyl sites for hydroxylation is 1. The van der Waals surface area contributed by atoms with E-state index >= 15 is 0 Å². The van der Waals surface area contributed by atoms with Crippen molar-refractivity contribution in [2.24, 2.45) is 5.73 Å². The fraction of sp³-hybridized carbons (Fsp3) is 0.750. The van der Waals surface area contributed by atoms with Crippen molar-refractivity contribution >= 4 is 0 Å². The Morgan fingerprint density at radius 2 is 2.40 bits per heavy atom. The van der Waals surface area contributed by atoms with Gasteiger partial charge >= 0.3 is 0 Å². The number of nitrogens with zero attached hydrogens (tertiary/aromatic N) is 2. The van der Waals surface area contributed by atoms with Crippen molar-refractivity contribution in [3.63, 3.8) is 0 Å². The highest BCUT2D eigenvalue weighted by atomic mass is 15.3. The molecule has 3 nitrogen and oxygen atoms in total. The summed E-state index contributed by atoms with van der Waals surface area (Å²) in [5, 5.41) is 4.51. The lowest BCUT2D eigenvalue weighted by atomic mass is 9.85. The molecular formula is C12H21N3. The van der Waals surface area contributed by atoms with Crippen LogP contribution in [0, 0.1) is 0 Å². The van der Waals surface area contributed by atoms with Crippen LogP contribution < -0.4 is 5.73 Å². The van der Waals surface area contributed by atoms with Gasteiger partial charge in [-0.15, -0.1) is 0 Å². The molecule has 0 aliphatic heterocycles. The maximum absolute atomic E-state index is 5.68. The summed E-state index contributed by atoms with van der Waals surface area (Å²) in [6, 6.07) is 0.465. The standard InChI is InChI=1S/C12H21N3/c1-9(2)15-12-10(6-7-13)4-3-5-11(12)8-14-15/h8-10H,3-7,13H2,1-2H3. The maximum Gasteiger partial charge on any atom is 0.0524 e. The van der Waals surface area contributed by atoms with Gasteiger partial charge in [0.15, 0.2) is 0 Å². The zero-order valence-electron chi connectivity index (χ0n) is 9.74. The summed E-state index contributed by atoms with van der Waals surface area (Å²) in [6.45, 7) is 5.18. The molecule has 84 valence electrons.